The van der Waals surface area contributed by atoms with Crippen LogP contribution in [0.15, 0.2) is 52.9 Å². The maximum absolute atomic E-state index is 13.0. The molecule has 1 atom stereocenters. The Hall–Kier alpha value is -2.52. The highest BCUT2D eigenvalue weighted by atomic mass is 35.5. The molecular weight excluding hydrogens is 360 g/mol. The van der Waals surface area contributed by atoms with E-state index in [1.807, 2.05) is 48.5 Å². The van der Waals surface area contributed by atoms with Gasteiger partial charge in [0.1, 0.15) is 11.5 Å². The van der Waals surface area contributed by atoms with Gasteiger partial charge in [-0.2, -0.15) is 0 Å². The monoisotopic (exact) mass is 378 g/mol. The minimum Gasteiger partial charge on any atom is -0.477 e. The summed E-state index contributed by atoms with van der Waals surface area (Å²) < 4.78 is 12.6. The molecule has 3 aromatic rings. The molecule has 2 aliphatic rings. The minimum atomic E-state index is -0.395. The summed E-state index contributed by atoms with van der Waals surface area (Å²) in [5.74, 6) is 2.41. The van der Waals surface area contributed by atoms with Crippen molar-refractivity contribution in [3.05, 3.63) is 76.2 Å². The number of rotatable bonds is 1. The van der Waals surface area contributed by atoms with Crippen molar-refractivity contribution in [3.8, 4) is 16.9 Å². The van der Waals surface area contributed by atoms with Crippen LogP contribution in [0.2, 0.25) is 5.02 Å². The van der Waals surface area contributed by atoms with Gasteiger partial charge in [-0.15, -0.1) is 0 Å². The molecule has 0 N–H and O–H groups in total. The molecule has 1 aromatic heterocycles. The van der Waals surface area contributed by atoms with Crippen LogP contribution in [0.5, 0.6) is 5.75 Å². The molecule has 1 aliphatic carbocycles. The van der Waals surface area contributed by atoms with Crippen LogP contribution in [0, 0.1) is 5.41 Å². The Bertz CT molecular complexity index is 1060. The summed E-state index contributed by atoms with van der Waals surface area (Å²) in [7, 11) is 0. The van der Waals surface area contributed by atoms with E-state index >= 15 is 0 Å². The van der Waals surface area contributed by atoms with E-state index in [9.17, 15) is 4.79 Å². The van der Waals surface area contributed by atoms with Crippen molar-refractivity contribution in [2.45, 2.75) is 32.8 Å². The third-order valence-electron chi connectivity index (χ3n) is 5.38. The smallest absolute Gasteiger partial charge is 0.182 e. The van der Waals surface area contributed by atoms with Crippen molar-refractivity contribution in [1.29, 1.82) is 0 Å². The number of carbonyl (C=O) groups excluding carboxylic acids is 1. The van der Waals surface area contributed by atoms with Crippen LogP contribution in [0.25, 0.3) is 11.1 Å². The normalized spacial score (nSPS) is 19.7. The molecular formula is C23H19ClO3. The predicted molar refractivity (Wildman–Crippen MR) is 104 cm³/mol. The highest BCUT2D eigenvalue weighted by Gasteiger charge is 2.42. The van der Waals surface area contributed by atoms with Crippen LogP contribution in [0.1, 0.15) is 53.8 Å². The molecule has 1 unspecified atom stereocenters. The van der Waals surface area contributed by atoms with Gasteiger partial charge in [0.15, 0.2) is 17.6 Å². The fraction of sp³-hybridized carbons (Fsp3) is 0.261. The Balaban J connectivity index is 1.76. The first-order chi connectivity index (χ1) is 12.9. The Kier molecular flexibility index (Phi) is 3.54. The van der Waals surface area contributed by atoms with Crippen molar-refractivity contribution in [2.24, 2.45) is 5.41 Å². The fourth-order valence-electron chi connectivity index (χ4n) is 4.20. The summed E-state index contributed by atoms with van der Waals surface area (Å²) >= 11 is 6.06. The highest BCUT2D eigenvalue weighted by molar-refractivity contribution is 6.30. The molecule has 136 valence electrons. The zero-order valence-electron chi connectivity index (χ0n) is 15.2. The number of Topliss-reactive ketones (excluding diaryl/α,β-unsaturated/α-hetero) is 1. The lowest BCUT2D eigenvalue weighted by Gasteiger charge is -2.28. The number of para-hydroxylation sites is 1. The summed E-state index contributed by atoms with van der Waals surface area (Å²) in [5.41, 5.74) is 3.41. The van der Waals surface area contributed by atoms with Gasteiger partial charge in [0.25, 0.3) is 0 Å². The minimum absolute atomic E-state index is 0.0966. The maximum Gasteiger partial charge on any atom is 0.182 e. The number of benzene rings is 2. The standard InChI is InChI=1S/C23H19ClO3/c1-23(2)11-16(25)20-18(12-23)27-22-19(20)15-5-3-4-6-17(15)26-21(22)13-7-9-14(24)10-8-13/h3-10,21H,11-12H2,1-2H3. The molecule has 0 saturated carbocycles. The van der Waals surface area contributed by atoms with Gasteiger partial charge in [-0.25, -0.2) is 0 Å². The van der Waals surface area contributed by atoms with E-state index in [4.69, 9.17) is 20.8 Å². The van der Waals surface area contributed by atoms with Gasteiger partial charge >= 0.3 is 0 Å². The Labute approximate surface area is 162 Å². The molecule has 0 amide bonds. The summed E-state index contributed by atoms with van der Waals surface area (Å²) in [5, 5.41) is 0.672. The molecule has 0 saturated heterocycles. The quantitative estimate of drug-likeness (QED) is 0.503. The number of ketones is 1. The van der Waals surface area contributed by atoms with E-state index in [0.29, 0.717) is 17.2 Å². The lowest BCUT2D eigenvalue weighted by Crippen LogP contribution is -2.26. The third kappa shape index (κ3) is 2.61. The second-order valence-electron chi connectivity index (χ2n) is 8.13. The van der Waals surface area contributed by atoms with Crippen molar-refractivity contribution in [3.63, 3.8) is 0 Å². The molecule has 1 aliphatic heterocycles. The molecule has 0 bridgehead atoms. The molecule has 0 fully saturated rings. The molecule has 2 heterocycles. The van der Waals surface area contributed by atoms with Gasteiger partial charge in [-0.1, -0.05) is 55.8 Å². The van der Waals surface area contributed by atoms with Crippen molar-refractivity contribution < 1.29 is 13.9 Å². The first-order valence-corrected chi connectivity index (χ1v) is 9.51. The van der Waals surface area contributed by atoms with E-state index in [1.54, 1.807) is 0 Å². The van der Waals surface area contributed by atoms with Gasteiger partial charge in [-0.05, 0) is 23.6 Å². The van der Waals surface area contributed by atoms with Crippen molar-refractivity contribution in [2.75, 3.05) is 0 Å². The number of hydrogen-bond acceptors (Lipinski definition) is 3. The summed E-state index contributed by atoms with van der Waals surface area (Å²) in [6.45, 7) is 4.22. The second kappa shape index (κ2) is 5.74. The van der Waals surface area contributed by atoms with Crippen LogP contribution < -0.4 is 4.74 Å². The fourth-order valence-corrected chi connectivity index (χ4v) is 4.33. The summed E-state index contributed by atoms with van der Waals surface area (Å²) in [6.07, 6.45) is 0.880. The van der Waals surface area contributed by atoms with Gasteiger partial charge < -0.3 is 9.15 Å². The SMILES string of the molecule is CC1(C)CC(=O)c2c(oc3c2-c2ccccc2OC3c2ccc(Cl)cc2)C1. The number of ether oxygens (including phenoxy) is 1. The second-order valence-corrected chi connectivity index (χ2v) is 8.56. The zero-order valence-corrected chi connectivity index (χ0v) is 16.0. The average Bonchev–Trinajstić information content (AvgIpc) is 3.00. The number of halogens is 1. The van der Waals surface area contributed by atoms with Gasteiger partial charge in [0.2, 0.25) is 0 Å². The van der Waals surface area contributed by atoms with Gasteiger partial charge in [0.05, 0.1) is 5.56 Å². The molecule has 5 rings (SSSR count). The van der Waals surface area contributed by atoms with Crippen LogP contribution in [0.3, 0.4) is 0 Å². The lowest BCUT2D eigenvalue weighted by atomic mass is 9.75. The topological polar surface area (TPSA) is 39.4 Å². The zero-order chi connectivity index (χ0) is 18.8. The van der Waals surface area contributed by atoms with Crippen LogP contribution >= 0.6 is 11.6 Å². The summed E-state index contributed by atoms with van der Waals surface area (Å²) in [4.78, 5) is 13.0. The molecule has 0 spiro atoms. The largest absolute Gasteiger partial charge is 0.477 e. The number of hydrogen-bond donors (Lipinski definition) is 0. The van der Waals surface area contributed by atoms with Crippen LogP contribution in [0.4, 0.5) is 0 Å². The van der Waals surface area contributed by atoms with Crippen LogP contribution in [-0.4, -0.2) is 5.78 Å². The van der Waals surface area contributed by atoms with E-state index in [1.165, 1.54) is 0 Å². The number of fused-ring (bicyclic) bond motifs is 5. The molecule has 2 aromatic carbocycles. The van der Waals surface area contributed by atoms with E-state index in [0.717, 1.165) is 40.2 Å². The number of carbonyl (C=O) groups is 1. The van der Waals surface area contributed by atoms with E-state index in [-0.39, 0.29) is 11.2 Å². The Morgan fingerprint density at radius 1 is 1.00 bits per heavy atom. The third-order valence-corrected chi connectivity index (χ3v) is 5.63. The first-order valence-electron chi connectivity index (χ1n) is 9.13. The van der Waals surface area contributed by atoms with Crippen molar-refractivity contribution in [1.82, 2.24) is 0 Å². The molecule has 3 nitrogen and oxygen atoms in total. The molecule has 27 heavy (non-hydrogen) atoms. The first kappa shape index (κ1) is 16.6. The van der Waals surface area contributed by atoms with Gasteiger partial charge in [0, 0.05) is 34.6 Å². The van der Waals surface area contributed by atoms with Gasteiger partial charge in [-0.3, -0.25) is 4.79 Å². The Morgan fingerprint density at radius 3 is 2.52 bits per heavy atom. The van der Waals surface area contributed by atoms with Crippen LogP contribution in [-0.2, 0) is 6.42 Å². The Morgan fingerprint density at radius 2 is 1.74 bits per heavy atom. The summed E-state index contributed by atoms with van der Waals surface area (Å²) in [6, 6.07) is 15.4. The number of furan rings is 1. The predicted octanol–water partition coefficient (Wildman–Crippen LogP) is 6.24. The average molecular weight is 379 g/mol. The maximum atomic E-state index is 13.0. The molecule has 0 radical (unpaired) electrons. The molecule has 4 heteroatoms. The lowest BCUT2D eigenvalue weighted by molar-refractivity contribution is 0.0903. The van der Waals surface area contributed by atoms with E-state index in [2.05, 4.69) is 13.8 Å². The van der Waals surface area contributed by atoms with E-state index < -0.39 is 6.10 Å². The highest BCUT2D eigenvalue weighted by Crippen LogP contribution is 2.51. The van der Waals surface area contributed by atoms with Crippen molar-refractivity contribution >= 4 is 17.4 Å².